The third-order valence-corrected chi connectivity index (χ3v) is 4.29. The molecule has 0 N–H and O–H groups in total. The molecule has 0 bridgehead atoms. The van der Waals surface area contributed by atoms with Crippen LogP contribution in [0.2, 0.25) is 0 Å². The maximum absolute atomic E-state index is 10.8. The average Bonchev–Trinajstić information content (AvgIpc) is 2.50. The first kappa shape index (κ1) is 21.4. The molecule has 0 aromatic heterocycles. The molecule has 0 radical (unpaired) electrons. The molecule has 0 saturated carbocycles. The van der Waals surface area contributed by atoms with Crippen LogP contribution in [0.15, 0.2) is 12.2 Å². The van der Waals surface area contributed by atoms with Crippen LogP contribution in [0, 0.1) is 0 Å². The Morgan fingerprint density at radius 1 is 0.636 bits per heavy atom. The summed E-state index contributed by atoms with van der Waals surface area (Å²) in [4.78, 5) is 10.8. The van der Waals surface area contributed by atoms with Gasteiger partial charge in [-0.05, 0) is 39.0 Å². The number of carbonyl (C=O) groups excluding carboxylic acids is 1. The van der Waals surface area contributed by atoms with Gasteiger partial charge in [0, 0.05) is 6.42 Å². The van der Waals surface area contributed by atoms with Crippen LogP contribution in [0.5, 0.6) is 0 Å². The SMILES string of the molecule is CCCCCCCCCCCC=CCCCCCCC(C)=O. The lowest BCUT2D eigenvalue weighted by molar-refractivity contribution is -0.117. The van der Waals surface area contributed by atoms with Crippen molar-refractivity contribution in [3.63, 3.8) is 0 Å². The monoisotopic (exact) mass is 308 g/mol. The number of carbonyl (C=O) groups is 1. The van der Waals surface area contributed by atoms with E-state index in [0.29, 0.717) is 5.78 Å². The minimum Gasteiger partial charge on any atom is -0.300 e. The summed E-state index contributed by atoms with van der Waals surface area (Å²) >= 11 is 0. The zero-order valence-corrected chi connectivity index (χ0v) is 15.4. The van der Waals surface area contributed by atoms with Gasteiger partial charge in [0.15, 0.2) is 0 Å². The summed E-state index contributed by atoms with van der Waals surface area (Å²) in [6.45, 7) is 3.97. The molecule has 0 aromatic rings. The summed E-state index contributed by atoms with van der Waals surface area (Å²) in [7, 11) is 0. The highest BCUT2D eigenvalue weighted by molar-refractivity contribution is 5.75. The van der Waals surface area contributed by atoms with Gasteiger partial charge in [-0.25, -0.2) is 0 Å². The van der Waals surface area contributed by atoms with Gasteiger partial charge in [0.1, 0.15) is 5.78 Å². The smallest absolute Gasteiger partial charge is 0.129 e. The lowest BCUT2D eigenvalue weighted by Gasteiger charge is -2.00. The van der Waals surface area contributed by atoms with E-state index in [9.17, 15) is 4.79 Å². The number of rotatable bonds is 17. The topological polar surface area (TPSA) is 17.1 Å². The van der Waals surface area contributed by atoms with Crippen LogP contribution in [0.1, 0.15) is 117 Å². The van der Waals surface area contributed by atoms with Crippen LogP contribution in [0.25, 0.3) is 0 Å². The Bertz CT molecular complexity index is 255. The standard InChI is InChI=1S/C21H40O/c1-3-4-5-6-7-8-9-10-11-12-13-14-15-16-17-18-19-20-21(2)22/h13-14H,3-12,15-20H2,1-2H3. The van der Waals surface area contributed by atoms with Crippen LogP contribution >= 0.6 is 0 Å². The van der Waals surface area contributed by atoms with Gasteiger partial charge in [0.2, 0.25) is 0 Å². The molecule has 0 rings (SSSR count). The molecule has 0 aliphatic heterocycles. The Hall–Kier alpha value is -0.590. The van der Waals surface area contributed by atoms with Crippen molar-refractivity contribution >= 4 is 5.78 Å². The van der Waals surface area contributed by atoms with Gasteiger partial charge in [-0.3, -0.25) is 0 Å². The summed E-state index contributed by atoms with van der Waals surface area (Å²) in [5.74, 6) is 0.334. The summed E-state index contributed by atoms with van der Waals surface area (Å²) < 4.78 is 0. The third-order valence-electron chi connectivity index (χ3n) is 4.29. The van der Waals surface area contributed by atoms with Crippen LogP contribution in [0.3, 0.4) is 0 Å². The van der Waals surface area contributed by atoms with E-state index in [4.69, 9.17) is 0 Å². The van der Waals surface area contributed by atoms with Gasteiger partial charge in [-0.2, -0.15) is 0 Å². The number of Topliss-reactive ketones (excluding diaryl/α,β-unsaturated/α-hetero) is 1. The normalized spacial score (nSPS) is 11.4. The second-order valence-electron chi connectivity index (χ2n) is 6.74. The highest BCUT2D eigenvalue weighted by atomic mass is 16.1. The summed E-state index contributed by atoms with van der Waals surface area (Å²) in [5.41, 5.74) is 0. The molecule has 0 unspecified atom stereocenters. The lowest BCUT2D eigenvalue weighted by Crippen LogP contribution is -1.88. The number of hydrogen-bond acceptors (Lipinski definition) is 1. The van der Waals surface area contributed by atoms with E-state index >= 15 is 0 Å². The van der Waals surface area contributed by atoms with Crippen LogP contribution in [0.4, 0.5) is 0 Å². The molecule has 1 heteroatoms. The van der Waals surface area contributed by atoms with E-state index in [1.807, 2.05) is 0 Å². The number of hydrogen-bond donors (Lipinski definition) is 0. The Morgan fingerprint density at radius 3 is 1.50 bits per heavy atom. The first-order valence-electron chi connectivity index (χ1n) is 9.91. The molecule has 0 saturated heterocycles. The average molecular weight is 309 g/mol. The van der Waals surface area contributed by atoms with Crippen molar-refractivity contribution in [1.29, 1.82) is 0 Å². The Balaban J connectivity index is 3.07. The Labute approximate surface area is 140 Å². The molecule has 0 amide bonds. The van der Waals surface area contributed by atoms with Crippen LogP contribution < -0.4 is 0 Å². The zero-order valence-electron chi connectivity index (χ0n) is 15.4. The number of unbranched alkanes of at least 4 members (excludes halogenated alkanes) is 13. The van der Waals surface area contributed by atoms with Crippen molar-refractivity contribution in [2.24, 2.45) is 0 Å². The second kappa shape index (κ2) is 18.5. The number of allylic oxidation sites excluding steroid dienone is 2. The van der Waals surface area contributed by atoms with E-state index in [2.05, 4.69) is 19.1 Å². The second-order valence-corrected chi connectivity index (χ2v) is 6.74. The van der Waals surface area contributed by atoms with Crippen molar-refractivity contribution < 1.29 is 4.79 Å². The summed E-state index contributed by atoms with van der Waals surface area (Å²) in [6, 6.07) is 0. The first-order valence-corrected chi connectivity index (χ1v) is 9.91. The van der Waals surface area contributed by atoms with Crippen molar-refractivity contribution in [2.75, 3.05) is 0 Å². The third kappa shape index (κ3) is 19.4. The van der Waals surface area contributed by atoms with Crippen molar-refractivity contribution in [3.05, 3.63) is 12.2 Å². The fourth-order valence-electron chi connectivity index (χ4n) is 2.80. The fraction of sp³-hybridized carbons (Fsp3) is 0.857. The lowest BCUT2D eigenvalue weighted by atomic mass is 10.1. The van der Waals surface area contributed by atoms with E-state index in [1.54, 1.807) is 6.92 Å². The fourth-order valence-corrected chi connectivity index (χ4v) is 2.80. The summed E-state index contributed by atoms with van der Waals surface area (Å²) in [5, 5.41) is 0. The minimum absolute atomic E-state index is 0.334. The maximum atomic E-state index is 10.8. The Morgan fingerprint density at radius 2 is 1.05 bits per heavy atom. The van der Waals surface area contributed by atoms with Gasteiger partial charge in [0.25, 0.3) is 0 Å². The molecule has 0 atom stereocenters. The molecule has 130 valence electrons. The van der Waals surface area contributed by atoms with E-state index in [1.165, 1.54) is 89.9 Å². The molecule has 0 aliphatic carbocycles. The predicted molar refractivity (Wildman–Crippen MR) is 99.4 cm³/mol. The van der Waals surface area contributed by atoms with Gasteiger partial charge >= 0.3 is 0 Å². The highest BCUT2D eigenvalue weighted by Crippen LogP contribution is 2.11. The maximum Gasteiger partial charge on any atom is 0.129 e. The molecule has 0 spiro atoms. The summed E-state index contributed by atoms with van der Waals surface area (Å²) in [6.07, 6.45) is 25.6. The van der Waals surface area contributed by atoms with Crippen molar-refractivity contribution in [3.8, 4) is 0 Å². The molecule has 0 heterocycles. The quantitative estimate of drug-likeness (QED) is 0.202. The zero-order chi connectivity index (χ0) is 16.3. The van der Waals surface area contributed by atoms with Gasteiger partial charge in [0.05, 0.1) is 0 Å². The molecule has 22 heavy (non-hydrogen) atoms. The largest absolute Gasteiger partial charge is 0.300 e. The molecule has 0 aromatic carbocycles. The van der Waals surface area contributed by atoms with E-state index in [-0.39, 0.29) is 0 Å². The number of ketones is 1. The predicted octanol–water partition coefficient (Wildman–Crippen LogP) is 7.39. The molecular weight excluding hydrogens is 268 g/mol. The molecule has 1 nitrogen and oxygen atoms in total. The molecular formula is C21H40O. The van der Waals surface area contributed by atoms with E-state index in [0.717, 1.165) is 12.8 Å². The van der Waals surface area contributed by atoms with Crippen molar-refractivity contribution in [1.82, 2.24) is 0 Å². The Kier molecular flexibility index (Phi) is 18.0. The minimum atomic E-state index is 0.334. The van der Waals surface area contributed by atoms with Gasteiger partial charge in [-0.15, -0.1) is 0 Å². The van der Waals surface area contributed by atoms with E-state index < -0.39 is 0 Å². The molecule has 0 aliphatic rings. The van der Waals surface area contributed by atoms with Crippen molar-refractivity contribution in [2.45, 2.75) is 117 Å². The van der Waals surface area contributed by atoms with Gasteiger partial charge < -0.3 is 4.79 Å². The van der Waals surface area contributed by atoms with Crippen LogP contribution in [-0.2, 0) is 4.79 Å². The van der Waals surface area contributed by atoms with Gasteiger partial charge in [-0.1, -0.05) is 83.3 Å². The molecule has 0 fully saturated rings. The van der Waals surface area contributed by atoms with Crippen LogP contribution in [-0.4, -0.2) is 5.78 Å². The highest BCUT2D eigenvalue weighted by Gasteiger charge is 1.93. The first-order chi connectivity index (χ1) is 10.8.